The summed E-state index contributed by atoms with van der Waals surface area (Å²) >= 11 is 1.43. The first-order valence-electron chi connectivity index (χ1n) is 3.07. The summed E-state index contributed by atoms with van der Waals surface area (Å²) in [4.78, 5) is 17.9. The fourth-order valence-corrected chi connectivity index (χ4v) is 1.24. The summed E-state index contributed by atoms with van der Waals surface area (Å²) in [6.07, 6.45) is 0.503. The van der Waals surface area contributed by atoms with E-state index in [4.69, 9.17) is 0 Å². The van der Waals surface area contributed by atoms with Gasteiger partial charge in [-0.2, -0.15) is 4.98 Å². The summed E-state index contributed by atoms with van der Waals surface area (Å²) in [7, 11) is 0. The Balaban J connectivity index is 2.41. The molecule has 0 fully saturated rings. The predicted molar refractivity (Wildman–Crippen MR) is 40.8 cm³/mol. The maximum absolute atomic E-state index is 10.2. The third-order valence-corrected chi connectivity index (χ3v) is 1.79. The third-order valence-electron chi connectivity index (χ3n) is 1.20. The topological polar surface area (TPSA) is 68.9 Å². The molecule has 5 nitrogen and oxygen atoms in total. The van der Waals surface area contributed by atoms with Gasteiger partial charge in [-0.15, -0.1) is 11.3 Å². The fraction of sp³-hybridized carbons (Fsp3) is 0. The smallest absolute Gasteiger partial charge is 0.291 e. The maximum Gasteiger partial charge on any atom is 0.291 e. The van der Waals surface area contributed by atoms with Crippen LogP contribution in [-0.2, 0) is 0 Å². The Bertz CT molecular complexity index is 381. The molecule has 0 aliphatic heterocycles. The molecular weight excluding hydrogens is 178 g/mol. The maximum atomic E-state index is 10.2. The van der Waals surface area contributed by atoms with Crippen LogP contribution in [0.4, 0.5) is 0 Å². The van der Waals surface area contributed by atoms with Crippen molar-refractivity contribution in [3.63, 3.8) is 0 Å². The van der Waals surface area contributed by atoms with Gasteiger partial charge >= 0.3 is 0 Å². The minimum Gasteiger partial charge on any atom is -0.331 e. The molecule has 2 rings (SSSR count). The first kappa shape index (κ1) is 7.11. The van der Waals surface area contributed by atoms with Crippen molar-refractivity contribution in [3.05, 3.63) is 16.8 Å². The summed E-state index contributed by atoms with van der Waals surface area (Å²) in [6.45, 7) is 0. The van der Waals surface area contributed by atoms with Crippen molar-refractivity contribution in [2.45, 2.75) is 0 Å². The van der Waals surface area contributed by atoms with E-state index in [-0.39, 0.29) is 5.89 Å². The Morgan fingerprint density at radius 3 is 3.08 bits per heavy atom. The average Bonchev–Trinajstić information content (AvgIpc) is 2.75. The van der Waals surface area contributed by atoms with Gasteiger partial charge in [0.2, 0.25) is 12.1 Å². The Kier molecular flexibility index (Phi) is 1.67. The number of aromatic nitrogens is 3. The molecule has 6 heteroatoms. The molecule has 0 aromatic carbocycles. The van der Waals surface area contributed by atoms with E-state index in [0.29, 0.717) is 17.8 Å². The lowest BCUT2D eigenvalue weighted by Gasteiger charge is -1.79. The van der Waals surface area contributed by atoms with Crippen LogP contribution < -0.4 is 0 Å². The van der Waals surface area contributed by atoms with Gasteiger partial charge in [0.05, 0.1) is 5.51 Å². The minimum atomic E-state index is -0.0296. The van der Waals surface area contributed by atoms with Crippen LogP contribution in [0.1, 0.15) is 10.7 Å². The van der Waals surface area contributed by atoms with Gasteiger partial charge in [0, 0.05) is 5.38 Å². The zero-order valence-corrected chi connectivity index (χ0v) is 6.61. The second kappa shape index (κ2) is 2.82. The highest BCUT2D eigenvalue weighted by Gasteiger charge is 2.08. The molecule has 2 aromatic heterocycles. The van der Waals surface area contributed by atoms with Crippen LogP contribution in [-0.4, -0.2) is 21.4 Å². The average molecular weight is 181 g/mol. The van der Waals surface area contributed by atoms with Gasteiger partial charge < -0.3 is 4.52 Å². The minimum absolute atomic E-state index is 0.0296. The van der Waals surface area contributed by atoms with Crippen molar-refractivity contribution in [3.8, 4) is 11.5 Å². The van der Waals surface area contributed by atoms with E-state index >= 15 is 0 Å². The molecule has 0 saturated carbocycles. The molecule has 0 aliphatic rings. The summed E-state index contributed by atoms with van der Waals surface area (Å²) in [6, 6.07) is 0. The molecule has 0 N–H and O–H groups in total. The number of nitrogens with zero attached hydrogens (tertiary/aromatic N) is 3. The lowest BCUT2D eigenvalue weighted by molar-refractivity contribution is 0.108. The zero-order chi connectivity index (χ0) is 8.39. The van der Waals surface area contributed by atoms with Crippen molar-refractivity contribution in [1.29, 1.82) is 0 Å². The molecule has 0 atom stereocenters. The largest absolute Gasteiger partial charge is 0.331 e. The molecule has 0 amide bonds. The van der Waals surface area contributed by atoms with Crippen LogP contribution in [0.3, 0.4) is 0 Å². The Labute approximate surface area is 71.1 Å². The molecule has 12 heavy (non-hydrogen) atoms. The molecule has 0 radical (unpaired) electrons. The Morgan fingerprint density at radius 2 is 2.50 bits per heavy atom. The van der Waals surface area contributed by atoms with E-state index in [1.165, 1.54) is 11.3 Å². The number of rotatable bonds is 2. The van der Waals surface area contributed by atoms with Crippen LogP contribution in [0.5, 0.6) is 0 Å². The standard InChI is InChI=1S/C6H3N3O2S/c10-1-5-8-6(9-11-5)4-2-12-3-7-4/h1-3H. The normalized spacial score (nSPS) is 10.0. The van der Waals surface area contributed by atoms with Crippen molar-refractivity contribution < 1.29 is 9.32 Å². The number of thiazole rings is 1. The van der Waals surface area contributed by atoms with E-state index in [2.05, 4.69) is 19.6 Å². The van der Waals surface area contributed by atoms with Gasteiger partial charge in [-0.25, -0.2) is 4.98 Å². The van der Waals surface area contributed by atoms with E-state index in [1.54, 1.807) is 10.9 Å². The quantitative estimate of drug-likeness (QED) is 0.646. The molecule has 0 aliphatic carbocycles. The van der Waals surface area contributed by atoms with Crippen LogP contribution in [0, 0.1) is 0 Å². The van der Waals surface area contributed by atoms with Crippen molar-refractivity contribution in [2.75, 3.05) is 0 Å². The molecule has 0 spiro atoms. The zero-order valence-electron chi connectivity index (χ0n) is 5.80. The first-order chi connectivity index (χ1) is 5.90. The van der Waals surface area contributed by atoms with E-state index in [1.807, 2.05) is 0 Å². The summed E-state index contributed by atoms with van der Waals surface area (Å²) < 4.78 is 4.57. The first-order valence-corrected chi connectivity index (χ1v) is 4.02. The van der Waals surface area contributed by atoms with Crippen LogP contribution >= 0.6 is 11.3 Å². The van der Waals surface area contributed by atoms with Crippen molar-refractivity contribution in [1.82, 2.24) is 15.1 Å². The van der Waals surface area contributed by atoms with Crippen molar-refractivity contribution in [2.24, 2.45) is 0 Å². The van der Waals surface area contributed by atoms with Gasteiger partial charge in [0.15, 0.2) is 0 Å². The number of carbonyl (C=O) groups excluding carboxylic acids is 1. The number of hydrogen-bond donors (Lipinski definition) is 0. The summed E-state index contributed by atoms with van der Waals surface area (Å²) in [5.41, 5.74) is 2.28. The lowest BCUT2D eigenvalue weighted by Crippen LogP contribution is -1.80. The molecule has 0 bridgehead atoms. The molecule has 0 saturated heterocycles. The molecule has 60 valence electrons. The second-order valence-corrected chi connectivity index (χ2v) is 2.67. The van der Waals surface area contributed by atoms with E-state index < -0.39 is 0 Å². The van der Waals surface area contributed by atoms with Gasteiger partial charge in [-0.1, -0.05) is 5.16 Å². The second-order valence-electron chi connectivity index (χ2n) is 1.95. The highest BCUT2D eigenvalue weighted by atomic mass is 32.1. The van der Waals surface area contributed by atoms with E-state index in [0.717, 1.165) is 0 Å². The molecule has 2 heterocycles. The monoisotopic (exact) mass is 181 g/mol. The molecule has 2 aromatic rings. The third kappa shape index (κ3) is 1.12. The van der Waals surface area contributed by atoms with Crippen molar-refractivity contribution >= 4 is 17.6 Å². The number of carbonyl (C=O) groups is 1. The Hall–Kier alpha value is -1.56. The van der Waals surface area contributed by atoms with Crippen LogP contribution in [0.15, 0.2) is 15.4 Å². The van der Waals surface area contributed by atoms with Gasteiger partial charge in [-0.05, 0) is 0 Å². The fourth-order valence-electron chi connectivity index (χ4n) is 0.710. The highest BCUT2D eigenvalue weighted by Crippen LogP contribution is 2.14. The Morgan fingerprint density at radius 1 is 1.58 bits per heavy atom. The van der Waals surface area contributed by atoms with E-state index in [9.17, 15) is 4.79 Å². The number of hydrogen-bond acceptors (Lipinski definition) is 6. The number of aldehydes is 1. The molecule has 0 unspecified atom stereocenters. The highest BCUT2D eigenvalue weighted by molar-refractivity contribution is 7.07. The van der Waals surface area contributed by atoms with Crippen LogP contribution in [0.25, 0.3) is 11.5 Å². The summed E-state index contributed by atoms with van der Waals surface area (Å²) in [5, 5.41) is 5.33. The SMILES string of the molecule is O=Cc1nc(-c2cscn2)no1. The summed E-state index contributed by atoms with van der Waals surface area (Å²) in [5.74, 6) is 0.316. The van der Waals surface area contributed by atoms with Crippen LogP contribution in [0.2, 0.25) is 0 Å². The lowest BCUT2D eigenvalue weighted by atomic mass is 10.5. The van der Waals surface area contributed by atoms with Gasteiger partial charge in [-0.3, -0.25) is 4.79 Å². The molecular formula is C6H3N3O2S. The van der Waals surface area contributed by atoms with Gasteiger partial charge in [0.1, 0.15) is 5.69 Å². The van der Waals surface area contributed by atoms with Gasteiger partial charge in [0.25, 0.3) is 5.89 Å². The predicted octanol–water partition coefficient (Wildman–Crippen LogP) is 1.01.